The van der Waals surface area contributed by atoms with Gasteiger partial charge in [0, 0.05) is 4.40 Å². The van der Waals surface area contributed by atoms with Gasteiger partial charge >= 0.3 is 5.17 Å². The Hall–Kier alpha value is -1.15. The Balaban J connectivity index is 4.09. The molecule has 0 amide bonds. The average molecular weight is 162 g/mol. The number of rotatable bonds is 1. The van der Waals surface area contributed by atoms with E-state index >= 15 is 0 Å². The van der Waals surface area contributed by atoms with Crippen molar-refractivity contribution < 1.29 is 0 Å². The molecule has 0 fully saturated rings. The Morgan fingerprint density at radius 3 is 2.20 bits per heavy atom. The summed E-state index contributed by atoms with van der Waals surface area (Å²) in [5.41, 5.74) is 16.2. The maximum absolute atomic E-state index is 6.85. The molecule has 1 unspecified atom stereocenters. The van der Waals surface area contributed by atoms with Crippen LogP contribution >= 0.6 is 0 Å². The highest BCUT2D eigenvalue weighted by Gasteiger charge is 2.20. The number of nitrogens with two attached hydrogens (primary N) is 3. The van der Waals surface area contributed by atoms with Crippen LogP contribution in [0.15, 0.2) is 9.51 Å². The molecule has 0 aromatic carbocycles. The summed E-state index contributed by atoms with van der Waals surface area (Å²) < 4.78 is 3.39. The molecule has 7 nitrogen and oxygen atoms in total. The van der Waals surface area contributed by atoms with Crippen molar-refractivity contribution in [2.75, 3.05) is 0 Å². The number of guanidine groups is 1. The van der Waals surface area contributed by atoms with Crippen molar-refractivity contribution in [3.05, 3.63) is 0 Å². The number of hydrogen-bond acceptors (Lipinski definition) is 4. The van der Waals surface area contributed by atoms with E-state index in [9.17, 15) is 0 Å². The minimum absolute atomic E-state index is 0.209. The Morgan fingerprint density at radius 1 is 1.40 bits per heavy atom. The standard InChI is InChI=1S/C2H7N7S/c3-1(4)9-10(7)2(5)8-6/h5-7H,(H4,3,4,9)/p+1. The van der Waals surface area contributed by atoms with Crippen molar-refractivity contribution in [1.29, 1.82) is 10.9 Å². The molecule has 0 bridgehead atoms. The third kappa shape index (κ3) is 2.99. The van der Waals surface area contributed by atoms with E-state index in [4.69, 9.17) is 27.5 Å². The predicted octanol–water partition coefficient (Wildman–Crippen LogP) is -1.37. The average Bonchev–Trinajstić information content (AvgIpc) is 1.85. The zero-order valence-corrected chi connectivity index (χ0v) is 5.85. The van der Waals surface area contributed by atoms with Crippen LogP contribution in [0, 0.1) is 10.9 Å². The van der Waals surface area contributed by atoms with E-state index in [-0.39, 0.29) is 11.1 Å². The maximum Gasteiger partial charge on any atom is 0.407 e. The second kappa shape index (κ2) is 3.80. The molecule has 56 valence electrons. The summed E-state index contributed by atoms with van der Waals surface area (Å²) in [6, 6.07) is 0. The summed E-state index contributed by atoms with van der Waals surface area (Å²) >= 11 is -1.28. The molecule has 10 heavy (non-hydrogen) atoms. The molecule has 0 aliphatic carbocycles. The molecule has 0 aliphatic rings. The summed E-state index contributed by atoms with van der Waals surface area (Å²) in [6.07, 6.45) is 0. The Kier molecular flexibility index (Phi) is 3.36. The molecule has 0 radical (unpaired) electrons. The van der Waals surface area contributed by atoms with Crippen LogP contribution in [0.4, 0.5) is 0 Å². The summed E-state index contributed by atoms with van der Waals surface area (Å²) in [4.78, 5) is 0. The van der Waals surface area contributed by atoms with Gasteiger partial charge in [0.1, 0.15) is 0 Å². The van der Waals surface area contributed by atoms with E-state index in [0.717, 1.165) is 0 Å². The number of hydrogen-bond donors (Lipinski definition) is 5. The van der Waals surface area contributed by atoms with Crippen molar-refractivity contribution in [3.8, 4) is 0 Å². The lowest BCUT2D eigenvalue weighted by Gasteiger charge is -1.86. The number of amidine groups is 1. The van der Waals surface area contributed by atoms with Crippen molar-refractivity contribution in [3.63, 3.8) is 0 Å². The highest BCUT2D eigenvalue weighted by molar-refractivity contribution is 8.08. The summed E-state index contributed by atoms with van der Waals surface area (Å²) in [5, 5.41) is 14.4. The lowest BCUT2D eigenvalue weighted by molar-refractivity contribution is 1.19. The number of nitrogens with zero attached hydrogens (tertiary/aromatic N) is 2. The summed E-state index contributed by atoms with van der Waals surface area (Å²) in [5.74, 6) is -0.209. The van der Waals surface area contributed by atoms with E-state index in [2.05, 4.69) is 9.51 Å². The predicted molar refractivity (Wildman–Crippen MR) is 40.2 cm³/mol. The van der Waals surface area contributed by atoms with Gasteiger partial charge in [-0.1, -0.05) is 5.11 Å². The molecule has 0 spiro atoms. The largest absolute Gasteiger partial charge is 0.407 e. The zero-order valence-electron chi connectivity index (χ0n) is 5.03. The molecular formula is C2H8N7S+. The van der Waals surface area contributed by atoms with Gasteiger partial charge in [-0.3, -0.25) is 0 Å². The van der Waals surface area contributed by atoms with Crippen molar-refractivity contribution >= 4 is 22.4 Å². The van der Waals surface area contributed by atoms with Crippen LogP contribution in [-0.4, -0.2) is 11.1 Å². The third-order valence-corrected chi connectivity index (χ3v) is 1.40. The second-order valence-electron chi connectivity index (χ2n) is 1.25. The van der Waals surface area contributed by atoms with Crippen LogP contribution in [-0.2, 0) is 11.3 Å². The van der Waals surface area contributed by atoms with Crippen LogP contribution in [0.2, 0.25) is 0 Å². The monoisotopic (exact) mass is 162 g/mol. The van der Waals surface area contributed by atoms with Gasteiger partial charge in [-0.05, 0) is 0 Å². The smallest absolute Gasteiger partial charge is 0.366 e. The molecule has 8 N–H and O–H groups in total. The zero-order chi connectivity index (χ0) is 8.15. The molecule has 0 saturated heterocycles. The lowest BCUT2D eigenvalue weighted by atomic mass is 11.1. The normalized spacial score (nSPS) is 11.7. The van der Waals surface area contributed by atoms with Gasteiger partial charge in [-0.25, -0.2) is 5.41 Å². The van der Waals surface area contributed by atoms with E-state index in [0.29, 0.717) is 0 Å². The molecule has 0 aromatic heterocycles. The minimum Gasteiger partial charge on any atom is -0.366 e. The molecular weight excluding hydrogens is 154 g/mol. The van der Waals surface area contributed by atoms with Crippen molar-refractivity contribution in [1.82, 2.24) is 0 Å². The van der Waals surface area contributed by atoms with Gasteiger partial charge in [0.05, 0.1) is 0 Å². The molecule has 0 rings (SSSR count). The Labute approximate surface area is 60.3 Å². The molecule has 0 aliphatic heterocycles. The first kappa shape index (κ1) is 8.85. The van der Waals surface area contributed by atoms with E-state index in [1.807, 2.05) is 0 Å². The lowest BCUT2D eigenvalue weighted by Crippen LogP contribution is -2.29. The van der Waals surface area contributed by atoms with Crippen LogP contribution in [0.1, 0.15) is 0 Å². The SMILES string of the molecule is N=NC(=N)[S+](N)N=C(N)N. The molecule has 1 atom stereocenters. The van der Waals surface area contributed by atoms with E-state index < -0.39 is 11.3 Å². The van der Waals surface area contributed by atoms with E-state index in [1.165, 1.54) is 0 Å². The summed E-state index contributed by atoms with van der Waals surface area (Å²) in [7, 11) is 0. The topological polar surface area (TPSA) is 150 Å². The van der Waals surface area contributed by atoms with Gasteiger partial charge < -0.3 is 11.5 Å². The Bertz CT molecular complexity index is 168. The van der Waals surface area contributed by atoms with Gasteiger partial charge in [-0.2, -0.15) is 5.53 Å². The molecule has 8 heteroatoms. The maximum atomic E-state index is 6.85. The van der Waals surface area contributed by atoms with Crippen LogP contribution < -0.4 is 16.6 Å². The first-order valence-electron chi connectivity index (χ1n) is 2.12. The van der Waals surface area contributed by atoms with Gasteiger partial charge in [-0.15, -0.1) is 5.14 Å². The van der Waals surface area contributed by atoms with Crippen molar-refractivity contribution in [2.24, 2.45) is 26.1 Å². The molecule has 0 aromatic rings. The quantitative estimate of drug-likeness (QED) is 0.140. The first-order valence-corrected chi connectivity index (χ1v) is 3.37. The Morgan fingerprint density at radius 2 is 1.90 bits per heavy atom. The fourth-order valence-electron chi connectivity index (χ4n) is 0.204. The van der Waals surface area contributed by atoms with Gasteiger partial charge in [0.2, 0.25) is 5.96 Å². The summed E-state index contributed by atoms with van der Waals surface area (Å²) in [6.45, 7) is 0. The first-order chi connectivity index (χ1) is 4.57. The highest BCUT2D eigenvalue weighted by atomic mass is 32.2. The van der Waals surface area contributed by atoms with E-state index in [1.54, 1.807) is 0 Å². The van der Waals surface area contributed by atoms with Crippen LogP contribution in [0.25, 0.3) is 0 Å². The fraction of sp³-hybridized carbons (Fsp3) is 0. The van der Waals surface area contributed by atoms with Crippen LogP contribution in [0.5, 0.6) is 0 Å². The fourth-order valence-corrected chi connectivity index (χ4v) is 0.611. The van der Waals surface area contributed by atoms with Crippen LogP contribution in [0.3, 0.4) is 0 Å². The second-order valence-corrected chi connectivity index (χ2v) is 2.45. The molecule has 0 saturated carbocycles. The van der Waals surface area contributed by atoms with Gasteiger partial charge in [0.15, 0.2) is 0 Å². The third-order valence-electron chi connectivity index (χ3n) is 0.503. The van der Waals surface area contributed by atoms with Crippen molar-refractivity contribution in [2.45, 2.75) is 0 Å². The molecule has 0 heterocycles. The highest BCUT2D eigenvalue weighted by Crippen LogP contribution is 1.90. The van der Waals surface area contributed by atoms with Gasteiger partial charge in [0.25, 0.3) is 11.3 Å². The minimum atomic E-state index is -1.28. The number of nitrogens with one attached hydrogen (secondary N) is 2.